The number of benzene rings is 1. The van der Waals surface area contributed by atoms with Crippen LogP contribution in [0.25, 0.3) is 0 Å². The van der Waals surface area contributed by atoms with Crippen LogP contribution in [0, 0.1) is 17.0 Å². The quantitative estimate of drug-likeness (QED) is 0.338. The van der Waals surface area contributed by atoms with Gasteiger partial charge in [-0.1, -0.05) is 24.3 Å². The Balaban J connectivity index is 1.64. The largest absolute Gasteiger partial charge is 0.632 e. The summed E-state index contributed by atoms with van der Waals surface area (Å²) in [5, 5.41) is 14.1. The van der Waals surface area contributed by atoms with E-state index in [4.69, 9.17) is 9.73 Å². The van der Waals surface area contributed by atoms with Crippen LogP contribution in [-0.4, -0.2) is 41.1 Å². The van der Waals surface area contributed by atoms with Gasteiger partial charge in [-0.05, 0) is 24.1 Å². The molecule has 5 heterocycles. The van der Waals surface area contributed by atoms with Gasteiger partial charge in [0.05, 0.1) is 28.8 Å². The standard InChI is InChI=1S/C21H22N2O3/c1-3-12-10-23(25)16-8-13(12)18-17(23)9-21(20(18)26-11(2)24)14-6-4-5-7-15(14)22-19(16)21/h3-7,13,16-18,20H,8-10H2,1-2H3/b12-3-/t13-,16-,17-,18?,20?,21+,23?/m0/s1. The summed E-state index contributed by atoms with van der Waals surface area (Å²) in [5.74, 6) is 0.189. The van der Waals surface area contributed by atoms with E-state index in [0.29, 0.717) is 12.5 Å². The molecule has 0 radical (unpaired) electrons. The summed E-state index contributed by atoms with van der Waals surface area (Å²) in [6.45, 7) is 4.09. The fourth-order valence-corrected chi connectivity index (χ4v) is 7.06. The van der Waals surface area contributed by atoms with Crippen molar-refractivity contribution in [1.29, 1.82) is 0 Å². The number of hydrogen-bond donors (Lipinski definition) is 0. The molecule has 7 atom stereocenters. The number of aliphatic imine (C=N–C) groups is 1. The molecular weight excluding hydrogens is 328 g/mol. The number of rotatable bonds is 1. The molecule has 5 bridgehead atoms. The van der Waals surface area contributed by atoms with Crippen molar-refractivity contribution < 1.29 is 14.2 Å². The third kappa shape index (κ3) is 1.41. The Morgan fingerprint density at radius 1 is 1.42 bits per heavy atom. The van der Waals surface area contributed by atoms with Crippen LogP contribution in [0.15, 0.2) is 40.9 Å². The minimum atomic E-state index is -0.383. The SMILES string of the molecule is C/C=C1/C[N+]2([O-])[C@H]3C[C@@H]1C1C(OC(C)=O)[C@@]4(C[C@@H]12)C3=Nc1ccccc14. The molecule has 0 amide bonds. The van der Waals surface area contributed by atoms with Crippen molar-refractivity contribution in [2.75, 3.05) is 6.54 Å². The van der Waals surface area contributed by atoms with Crippen molar-refractivity contribution >= 4 is 17.4 Å². The number of hydroxylamine groups is 3. The van der Waals surface area contributed by atoms with E-state index in [9.17, 15) is 10.0 Å². The van der Waals surface area contributed by atoms with Gasteiger partial charge in [-0.2, -0.15) is 0 Å². The van der Waals surface area contributed by atoms with Crippen molar-refractivity contribution in [1.82, 2.24) is 0 Å². The predicted octanol–water partition coefficient (Wildman–Crippen LogP) is 3.01. The number of carbonyl (C=O) groups excluding carboxylic acids is 1. The number of ether oxygens (including phenoxy) is 1. The molecule has 4 saturated heterocycles. The topological polar surface area (TPSA) is 61.7 Å². The summed E-state index contributed by atoms with van der Waals surface area (Å²) in [6.07, 6.45) is 3.45. The molecule has 3 unspecified atom stereocenters. The molecule has 1 aliphatic carbocycles. The smallest absolute Gasteiger partial charge is 0.302 e. The number of para-hydroxylation sites is 1. The number of quaternary nitrogens is 1. The Kier molecular flexibility index (Phi) is 2.59. The normalized spacial score (nSPS) is 47.7. The lowest BCUT2D eigenvalue weighted by molar-refractivity contribution is -0.934. The van der Waals surface area contributed by atoms with E-state index >= 15 is 0 Å². The van der Waals surface area contributed by atoms with E-state index < -0.39 is 0 Å². The van der Waals surface area contributed by atoms with Gasteiger partial charge in [-0.3, -0.25) is 9.79 Å². The van der Waals surface area contributed by atoms with E-state index in [0.717, 1.165) is 29.8 Å². The zero-order valence-corrected chi connectivity index (χ0v) is 15.0. The highest BCUT2D eigenvalue weighted by Crippen LogP contribution is 2.68. The highest BCUT2D eigenvalue weighted by Gasteiger charge is 2.78. The maximum absolute atomic E-state index is 14.1. The summed E-state index contributed by atoms with van der Waals surface area (Å²) in [5.41, 5.74) is 3.99. The summed E-state index contributed by atoms with van der Waals surface area (Å²) in [7, 11) is 0. The number of hydrogen-bond acceptors (Lipinski definition) is 4. The minimum absolute atomic E-state index is 0.0110. The maximum atomic E-state index is 14.1. The van der Waals surface area contributed by atoms with Crippen molar-refractivity contribution in [2.24, 2.45) is 16.8 Å². The van der Waals surface area contributed by atoms with Crippen LogP contribution >= 0.6 is 0 Å². The molecule has 5 fully saturated rings. The van der Waals surface area contributed by atoms with Gasteiger partial charge in [-0.25, -0.2) is 0 Å². The van der Waals surface area contributed by atoms with Gasteiger partial charge in [0.15, 0.2) is 0 Å². The molecule has 26 heavy (non-hydrogen) atoms. The summed E-state index contributed by atoms with van der Waals surface area (Å²) < 4.78 is 5.82. The zero-order valence-electron chi connectivity index (χ0n) is 15.0. The van der Waals surface area contributed by atoms with Gasteiger partial charge in [0.25, 0.3) is 0 Å². The van der Waals surface area contributed by atoms with Crippen molar-refractivity contribution in [3.8, 4) is 0 Å². The molecule has 1 saturated carbocycles. The third-order valence-corrected chi connectivity index (χ3v) is 7.81. The van der Waals surface area contributed by atoms with E-state index in [1.807, 2.05) is 25.1 Å². The van der Waals surface area contributed by atoms with E-state index in [-0.39, 0.29) is 40.1 Å². The molecule has 7 rings (SSSR count). The predicted molar refractivity (Wildman–Crippen MR) is 96.8 cm³/mol. The van der Waals surface area contributed by atoms with E-state index in [1.54, 1.807) is 0 Å². The molecule has 1 aromatic carbocycles. The van der Waals surface area contributed by atoms with Gasteiger partial charge in [-0.15, -0.1) is 0 Å². The van der Waals surface area contributed by atoms with Gasteiger partial charge in [0.2, 0.25) is 0 Å². The molecule has 1 spiro atoms. The number of carbonyl (C=O) groups is 1. The van der Waals surface area contributed by atoms with Gasteiger partial charge in [0, 0.05) is 25.7 Å². The molecule has 1 aromatic rings. The number of esters is 1. The van der Waals surface area contributed by atoms with Gasteiger partial charge >= 0.3 is 5.97 Å². The number of fused-ring (bicyclic) bond motifs is 2. The molecule has 5 nitrogen and oxygen atoms in total. The van der Waals surface area contributed by atoms with Crippen LogP contribution in [0.4, 0.5) is 5.69 Å². The Labute approximate surface area is 152 Å². The highest BCUT2D eigenvalue weighted by atomic mass is 16.6. The number of allylic oxidation sites excluding steroid dienone is 1. The van der Waals surface area contributed by atoms with Crippen molar-refractivity contribution in [3.05, 3.63) is 46.7 Å². The second-order valence-electron chi connectivity index (χ2n) is 8.60. The fourth-order valence-electron chi connectivity index (χ4n) is 7.06. The number of piperidine rings is 4. The van der Waals surface area contributed by atoms with Crippen molar-refractivity contribution in [2.45, 2.75) is 50.3 Å². The highest BCUT2D eigenvalue weighted by molar-refractivity contribution is 6.07. The summed E-state index contributed by atoms with van der Waals surface area (Å²) in [4.78, 5) is 17.0. The minimum Gasteiger partial charge on any atom is -0.632 e. The van der Waals surface area contributed by atoms with Crippen LogP contribution in [0.5, 0.6) is 0 Å². The molecule has 0 N–H and O–H groups in total. The summed E-state index contributed by atoms with van der Waals surface area (Å²) in [6, 6.07) is 8.10. The first kappa shape index (κ1) is 15.1. The lowest BCUT2D eigenvalue weighted by atomic mass is 9.66. The average molecular weight is 350 g/mol. The van der Waals surface area contributed by atoms with E-state index in [1.165, 1.54) is 12.5 Å². The first-order chi connectivity index (χ1) is 12.5. The van der Waals surface area contributed by atoms with Crippen LogP contribution in [-0.2, 0) is 14.9 Å². The maximum Gasteiger partial charge on any atom is 0.302 e. The fraction of sp³-hybridized carbons (Fsp3) is 0.524. The van der Waals surface area contributed by atoms with Gasteiger partial charge < -0.3 is 14.6 Å². The molecule has 5 heteroatoms. The van der Waals surface area contributed by atoms with Crippen LogP contribution in [0.3, 0.4) is 0 Å². The van der Waals surface area contributed by atoms with Crippen molar-refractivity contribution in [3.63, 3.8) is 0 Å². The Bertz CT molecular complexity index is 922. The Hall–Kier alpha value is -1.98. The molecule has 134 valence electrons. The molecule has 6 aliphatic rings. The lowest BCUT2D eigenvalue weighted by Crippen LogP contribution is -2.73. The molecule has 5 aliphatic heterocycles. The zero-order chi connectivity index (χ0) is 17.8. The first-order valence-corrected chi connectivity index (χ1v) is 9.60. The third-order valence-electron chi connectivity index (χ3n) is 7.81. The van der Waals surface area contributed by atoms with Crippen LogP contribution < -0.4 is 0 Å². The Morgan fingerprint density at radius 2 is 2.23 bits per heavy atom. The summed E-state index contributed by atoms with van der Waals surface area (Å²) >= 11 is 0. The van der Waals surface area contributed by atoms with Gasteiger partial charge in [0.1, 0.15) is 18.7 Å². The molecular formula is C21H22N2O3. The van der Waals surface area contributed by atoms with Crippen LogP contribution in [0.2, 0.25) is 0 Å². The number of nitrogens with zero attached hydrogens (tertiary/aromatic N) is 2. The van der Waals surface area contributed by atoms with Crippen LogP contribution in [0.1, 0.15) is 32.3 Å². The van der Waals surface area contributed by atoms with E-state index in [2.05, 4.69) is 12.1 Å². The second-order valence-corrected chi connectivity index (χ2v) is 8.60. The molecule has 0 aromatic heterocycles. The average Bonchev–Trinajstić information content (AvgIpc) is 3.08. The monoisotopic (exact) mass is 350 g/mol. The lowest BCUT2D eigenvalue weighted by Gasteiger charge is -2.65. The second kappa shape index (κ2) is 4.46. The first-order valence-electron chi connectivity index (χ1n) is 9.60. The Morgan fingerprint density at radius 3 is 3.00 bits per heavy atom.